The van der Waals surface area contributed by atoms with E-state index in [-0.39, 0.29) is 16.7 Å². The van der Waals surface area contributed by atoms with E-state index >= 15 is 0 Å². The van der Waals surface area contributed by atoms with E-state index in [2.05, 4.69) is 12.2 Å². The van der Waals surface area contributed by atoms with Gasteiger partial charge in [0.2, 0.25) is 5.91 Å². The number of carbonyl (C=O) groups excluding carboxylic acids is 1. The molecule has 146 valence electrons. The van der Waals surface area contributed by atoms with Crippen molar-refractivity contribution in [1.82, 2.24) is 14.9 Å². The molecule has 0 radical (unpaired) electrons. The third-order valence-corrected chi connectivity index (χ3v) is 7.95. The molecular formula is C20H27N3O2S2. The normalized spacial score (nSPS) is 19.9. The molecule has 1 amide bonds. The van der Waals surface area contributed by atoms with Crippen molar-refractivity contribution in [3.8, 4) is 0 Å². The molecule has 0 aromatic carbocycles. The first-order chi connectivity index (χ1) is 13.2. The lowest BCUT2D eigenvalue weighted by Crippen LogP contribution is -2.32. The van der Waals surface area contributed by atoms with Crippen LogP contribution in [0.1, 0.15) is 62.3 Å². The first-order valence-corrected chi connectivity index (χ1v) is 11.9. The number of carbonyl (C=O) groups is 1. The molecule has 0 saturated carbocycles. The molecule has 27 heavy (non-hydrogen) atoms. The maximum absolute atomic E-state index is 13.4. The maximum Gasteiger partial charge on any atom is 0.263 e. The molecule has 7 heteroatoms. The smallest absolute Gasteiger partial charge is 0.263 e. The lowest BCUT2D eigenvalue weighted by molar-refractivity contribution is -0.120. The second-order valence-corrected chi connectivity index (χ2v) is 9.74. The van der Waals surface area contributed by atoms with Gasteiger partial charge in [-0.25, -0.2) is 4.98 Å². The summed E-state index contributed by atoms with van der Waals surface area (Å²) in [5.74, 6) is 0.0839. The summed E-state index contributed by atoms with van der Waals surface area (Å²) in [7, 11) is 0. The molecule has 3 heterocycles. The van der Waals surface area contributed by atoms with Crippen LogP contribution >= 0.6 is 23.1 Å². The Morgan fingerprint density at radius 2 is 2.11 bits per heavy atom. The second kappa shape index (κ2) is 8.35. The summed E-state index contributed by atoms with van der Waals surface area (Å²) in [6.45, 7) is 3.61. The number of aromatic nitrogens is 2. The van der Waals surface area contributed by atoms with E-state index < -0.39 is 0 Å². The summed E-state index contributed by atoms with van der Waals surface area (Å²) in [5.41, 5.74) is 1.34. The van der Waals surface area contributed by atoms with Crippen molar-refractivity contribution < 1.29 is 4.79 Å². The highest BCUT2D eigenvalue weighted by Crippen LogP contribution is 2.36. The molecule has 5 nitrogen and oxygen atoms in total. The van der Waals surface area contributed by atoms with Gasteiger partial charge in [-0.3, -0.25) is 14.2 Å². The molecule has 0 spiro atoms. The molecule has 1 fully saturated rings. The number of nitrogens with zero attached hydrogens (tertiary/aromatic N) is 2. The van der Waals surface area contributed by atoms with Gasteiger partial charge >= 0.3 is 0 Å². The van der Waals surface area contributed by atoms with Gasteiger partial charge in [0, 0.05) is 18.0 Å². The number of amides is 1. The Morgan fingerprint density at radius 1 is 1.22 bits per heavy atom. The monoisotopic (exact) mass is 405 g/mol. The van der Waals surface area contributed by atoms with E-state index in [0.717, 1.165) is 79.7 Å². The number of unbranched alkanes of at least 4 members (excludes halogenated alkanes) is 2. The van der Waals surface area contributed by atoms with E-state index in [1.807, 2.05) is 4.57 Å². The van der Waals surface area contributed by atoms with Crippen LogP contribution in [0.3, 0.4) is 0 Å². The fourth-order valence-electron chi connectivity index (χ4n) is 4.02. The van der Waals surface area contributed by atoms with Gasteiger partial charge in [0.05, 0.1) is 10.6 Å². The predicted octanol–water partition coefficient (Wildman–Crippen LogP) is 3.90. The fourth-order valence-corrected chi connectivity index (χ4v) is 6.50. The molecular weight excluding hydrogens is 378 g/mol. The van der Waals surface area contributed by atoms with Crippen LogP contribution in [-0.2, 0) is 24.2 Å². The topological polar surface area (TPSA) is 64.0 Å². The minimum absolute atomic E-state index is 0.0839. The summed E-state index contributed by atoms with van der Waals surface area (Å²) >= 11 is 3.17. The quantitative estimate of drug-likeness (QED) is 0.585. The Balaban J connectivity index is 1.74. The average Bonchev–Trinajstić information content (AvgIpc) is 3.17. The number of aryl methyl sites for hydroxylation is 2. The molecule has 2 aliphatic rings. The second-order valence-electron chi connectivity index (χ2n) is 7.49. The highest BCUT2D eigenvalue weighted by atomic mass is 32.2. The van der Waals surface area contributed by atoms with Crippen molar-refractivity contribution in [2.45, 2.75) is 81.7 Å². The Labute approximate surface area is 167 Å². The molecule has 1 aliphatic heterocycles. The van der Waals surface area contributed by atoms with Gasteiger partial charge in [0.15, 0.2) is 5.16 Å². The Hall–Kier alpha value is -1.34. The van der Waals surface area contributed by atoms with Gasteiger partial charge < -0.3 is 5.32 Å². The standard InChI is InChI=1S/C20H27N3O2S2/c1-2-3-6-12-23-19(25)16-13-8-7-10-14(13)26-18(16)22-20(23)27-15-9-4-5-11-21-17(15)24/h15H,2-12H2,1H3,(H,21,24)/t15-/m1/s1. The summed E-state index contributed by atoms with van der Waals surface area (Å²) in [6.07, 6.45) is 9.30. The van der Waals surface area contributed by atoms with Crippen LogP contribution in [0.15, 0.2) is 9.95 Å². The van der Waals surface area contributed by atoms with Crippen LogP contribution in [0.2, 0.25) is 0 Å². The Kier molecular flexibility index (Phi) is 5.88. The van der Waals surface area contributed by atoms with E-state index in [0.29, 0.717) is 6.54 Å². The number of hydrogen-bond acceptors (Lipinski definition) is 5. The molecule has 4 rings (SSSR count). The third-order valence-electron chi connectivity index (χ3n) is 5.51. The Morgan fingerprint density at radius 3 is 2.96 bits per heavy atom. The number of fused-ring (bicyclic) bond motifs is 3. The van der Waals surface area contributed by atoms with Crippen molar-refractivity contribution >= 4 is 39.2 Å². The van der Waals surface area contributed by atoms with E-state index in [1.165, 1.54) is 22.2 Å². The van der Waals surface area contributed by atoms with Crippen LogP contribution < -0.4 is 10.9 Å². The third kappa shape index (κ3) is 3.81. The highest BCUT2D eigenvalue weighted by Gasteiger charge is 2.27. The molecule has 1 saturated heterocycles. The minimum Gasteiger partial charge on any atom is -0.355 e. The molecule has 1 atom stereocenters. The van der Waals surface area contributed by atoms with Crippen LogP contribution in [0.25, 0.3) is 10.2 Å². The van der Waals surface area contributed by atoms with Crippen LogP contribution in [0.4, 0.5) is 0 Å². The van der Waals surface area contributed by atoms with E-state index in [1.54, 1.807) is 11.3 Å². The van der Waals surface area contributed by atoms with Crippen molar-refractivity contribution in [2.75, 3.05) is 6.54 Å². The lowest BCUT2D eigenvalue weighted by Gasteiger charge is -2.16. The minimum atomic E-state index is -0.152. The van der Waals surface area contributed by atoms with Crippen LogP contribution in [0, 0.1) is 0 Å². The lowest BCUT2D eigenvalue weighted by atomic mass is 10.2. The van der Waals surface area contributed by atoms with Crippen LogP contribution in [-0.4, -0.2) is 27.3 Å². The predicted molar refractivity (Wildman–Crippen MR) is 112 cm³/mol. The molecule has 2 aromatic heterocycles. The SMILES string of the molecule is CCCCCn1c(S[C@@H]2CCCCNC2=O)nc2sc3c(c2c1=O)CCC3. The zero-order valence-electron chi connectivity index (χ0n) is 15.9. The first kappa shape index (κ1) is 19.0. The summed E-state index contributed by atoms with van der Waals surface area (Å²) in [5, 5.41) is 4.42. The first-order valence-electron chi connectivity index (χ1n) is 10.2. The fraction of sp³-hybridized carbons (Fsp3) is 0.650. The number of thiophene rings is 1. The summed E-state index contributed by atoms with van der Waals surface area (Å²) < 4.78 is 1.85. The molecule has 0 bridgehead atoms. The van der Waals surface area contributed by atoms with Gasteiger partial charge in [-0.2, -0.15) is 0 Å². The summed E-state index contributed by atoms with van der Waals surface area (Å²) in [6, 6.07) is 0. The van der Waals surface area contributed by atoms with Gasteiger partial charge in [-0.05, 0) is 44.1 Å². The van der Waals surface area contributed by atoms with Gasteiger partial charge in [-0.15, -0.1) is 11.3 Å². The molecule has 0 unspecified atom stereocenters. The molecule has 1 aliphatic carbocycles. The Bertz CT molecular complexity index is 903. The van der Waals surface area contributed by atoms with Gasteiger partial charge in [0.25, 0.3) is 5.56 Å². The van der Waals surface area contributed by atoms with Crippen molar-refractivity contribution in [3.05, 3.63) is 20.8 Å². The summed E-state index contributed by atoms with van der Waals surface area (Å²) in [4.78, 5) is 32.9. The highest BCUT2D eigenvalue weighted by molar-refractivity contribution is 8.00. The number of nitrogens with one attached hydrogen (secondary N) is 1. The zero-order valence-corrected chi connectivity index (χ0v) is 17.5. The average molecular weight is 406 g/mol. The number of thioether (sulfide) groups is 1. The van der Waals surface area contributed by atoms with Gasteiger partial charge in [0.1, 0.15) is 4.83 Å². The largest absolute Gasteiger partial charge is 0.355 e. The van der Waals surface area contributed by atoms with Crippen LogP contribution in [0.5, 0.6) is 0 Å². The maximum atomic E-state index is 13.4. The number of hydrogen-bond donors (Lipinski definition) is 1. The van der Waals surface area contributed by atoms with Crippen molar-refractivity contribution in [2.24, 2.45) is 0 Å². The van der Waals surface area contributed by atoms with Crippen molar-refractivity contribution in [3.63, 3.8) is 0 Å². The van der Waals surface area contributed by atoms with E-state index in [9.17, 15) is 9.59 Å². The number of rotatable bonds is 6. The van der Waals surface area contributed by atoms with Gasteiger partial charge in [-0.1, -0.05) is 37.9 Å². The van der Waals surface area contributed by atoms with E-state index in [4.69, 9.17) is 4.98 Å². The molecule has 1 N–H and O–H groups in total. The molecule has 2 aromatic rings. The zero-order chi connectivity index (χ0) is 18.8. The van der Waals surface area contributed by atoms with Crippen molar-refractivity contribution in [1.29, 1.82) is 0 Å².